The Morgan fingerprint density at radius 1 is 1.18 bits per heavy atom. The second-order valence-electron chi connectivity index (χ2n) is 6.37. The van der Waals surface area contributed by atoms with E-state index in [0.29, 0.717) is 52.1 Å². The molecule has 1 aliphatic heterocycles. The van der Waals surface area contributed by atoms with Crippen LogP contribution in [0.2, 0.25) is 10.0 Å². The Bertz CT molecular complexity index is 1180. The van der Waals surface area contributed by atoms with Gasteiger partial charge in [0.2, 0.25) is 5.78 Å². The summed E-state index contributed by atoms with van der Waals surface area (Å²) in [4.78, 5) is 13.8. The lowest BCUT2D eigenvalue weighted by molar-refractivity contribution is 0.0726. The lowest BCUT2D eigenvalue weighted by Crippen LogP contribution is -2.43. The van der Waals surface area contributed by atoms with Gasteiger partial charge in [-0.05, 0) is 31.2 Å². The van der Waals surface area contributed by atoms with Gasteiger partial charge in [-0.15, -0.1) is 11.3 Å². The number of ketones is 1. The van der Waals surface area contributed by atoms with Gasteiger partial charge < -0.3 is 4.74 Å². The number of ether oxygens (including phenoxy) is 1. The molecule has 148 valence electrons. The third-order valence-corrected chi connectivity index (χ3v) is 8.58. The fourth-order valence-electron chi connectivity index (χ4n) is 3.20. The molecule has 0 unspecified atom stereocenters. The van der Waals surface area contributed by atoms with Gasteiger partial charge >= 0.3 is 10.2 Å². The number of carbonyl (C=O) groups is 1. The van der Waals surface area contributed by atoms with Gasteiger partial charge in [0, 0.05) is 29.7 Å². The van der Waals surface area contributed by atoms with E-state index in [9.17, 15) is 13.2 Å². The second-order valence-corrected chi connectivity index (χ2v) is 9.96. The maximum atomic E-state index is 13.1. The molecule has 28 heavy (non-hydrogen) atoms. The molecule has 1 fully saturated rings. The van der Waals surface area contributed by atoms with E-state index in [1.165, 1.54) is 8.28 Å². The number of aryl methyl sites for hydroxylation is 1. The van der Waals surface area contributed by atoms with Gasteiger partial charge in [0.1, 0.15) is 4.83 Å². The first kappa shape index (κ1) is 19.9. The number of fused-ring (bicyclic) bond motifs is 1. The van der Waals surface area contributed by atoms with Gasteiger partial charge in [-0.25, -0.2) is 3.97 Å². The van der Waals surface area contributed by atoms with Crippen molar-refractivity contribution < 1.29 is 17.9 Å². The maximum absolute atomic E-state index is 13.1. The minimum absolute atomic E-state index is 0.187. The number of carbonyl (C=O) groups excluding carboxylic acids is 1. The predicted octanol–water partition coefficient (Wildman–Crippen LogP) is 3.97. The normalized spacial score (nSPS) is 16.0. The zero-order valence-corrected chi connectivity index (χ0v) is 18.0. The molecule has 4 rings (SSSR count). The highest BCUT2D eigenvalue weighted by atomic mass is 35.5. The molecule has 0 spiro atoms. The Morgan fingerprint density at radius 2 is 1.89 bits per heavy atom. The molecule has 0 aliphatic carbocycles. The van der Waals surface area contributed by atoms with Crippen LogP contribution in [0, 0.1) is 6.92 Å². The van der Waals surface area contributed by atoms with Gasteiger partial charge in [0.25, 0.3) is 0 Å². The Morgan fingerprint density at radius 3 is 2.61 bits per heavy atom. The van der Waals surface area contributed by atoms with Crippen LogP contribution in [0.25, 0.3) is 10.2 Å². The molecule has 6 nitrogen and oxygen atoms in total. The van der Waals surface area contributed by atoms with Gasteiger partial charge in [-0.3, -0.25) is 4.79 Å². The average Bonchev–Trinajstić information content (AvgIpc) is 3.20. The summed E-state index contributed by atoms with van der Waals surface area (Å²) in [5.41, 5.74) is 0.880. The first-order valence-electron chi connectivity index (χ1n) is 8.49. The highest BCUT2D eigenvalue weighted by Crippen LogP contribution is 2.34. The van der Waals surface area contributed by atoms with Crippen LogP contribution in [0.1, 0.15) is 20.9 Å². The van der Waals surface area contributed by atoms with Crippen molar-refractivity contribution in [2.45, 2.75) is 6.92 Å². The zero-order valence-electron chi connectivity index (χ0n) is 14.8. The molecule has 10 heteroatoms. The van der Waals surface area contributed by atoms with E-state index in [1.807, 2.05) is 0 Å². The van der Waals surface area contributed by atoms with Crippen molar-refractivity contribution in [2.75, 3.05) is 26.3 Å². The average molecular weight is 459 g/mol. The molecule has 0 N–H and O–H groups in total. The Labute approximate surface area is 176 Å². The largest absolute Gasteiger partial charge is 0.379 e. The summed E-state index contributed by atoms with van der Waals surface area (Å²) in [6.07, 6.45) is 0. The van der Waals surface area contributed by atoms with Crippen LogP contribution < -0.4 is 0 Å². The van der Waals surface area contributed by atoms with E-state index in [4.69, 9.17) is 27.9 Å². The minimum atomic E-state index is -3.75. The molecule has 0 radical (unpaired) electrons. The highest BCUT2D eigenvalue weighted by molar-refractivity contribution is 7.88. The standard InChI is InChI=1S/C18H16Cl2N2O4S2/c1-11-9-12-10-15(17(23)13-3-2-4-14(19)16(13)20)27-18(12)22(11)28(24,25)21-5-7-26-8-6-21/h2-4,9-10H,5-8H2,1H3. The topological polar surface area (TPSA) is 68.6 Å². The molecule has 0 atom stereocenters. The van der Waals surface area contributed by atoms with Crippen LogP contribution in [0.15, 0.2) is 30.3 Å². The third-order valence-electron chi connectivity index (χ3n) is 4.56. The number of rotatable bonds is 4. The molecule has 1 aliphatic rings. The number of hydrogen-bond donors (Lipinski definition) is 0. The molecule has 0 amide bonds. The van der Waals surface area contributed by atoms with Gasteiger partial charge in [-0.1, -0.05) is 29.3 Å². The smallest absolute Gasteiger partial charge is 0.309 e. The van der Waals surface area contributed by atoms with Crippen molar-refractivity contribution in [1.29, 1.82) is 0 Å². The zero-order chi connectivity index (χ0) is 20.1. The summed E-state index contributed by atoms with van der Waals surface area (Å²) in [7, 11) is -3.75. The van der Waals surface area contributed by atoms with E-state index in [1.54, 1.807) is 37.3 Å². The molecule has 2 aromatic heterocycles. The molecule has 0 saturated carbocycles. The van der Waals surface area contributed by atoms with Crippen molar-refractivity contribution in [1.82, 2.24) is 8.28 Å². The maximum Gasteiger partial charge on any atom is 0.309 e. The highest BCUT2D eigenvalue weighted by Gasteiger charge is 2.30. The first-order valence-corrected chi connectivity index (χ1v) is 11.5. The molecule has 3 heterocycles. The molecule has 0 bridgehead atoms. The fraction of sp³-hybridized carbons (Fsp3) is 0.278. The Hall–Kier alpha value is -1.42. The number of morpholine rings is 1. The molecule has 1 saturated heterocycles. The number of benzene rings is 1. The van der Waals surface area contributed by atoms with E-state index in [2.05, 4.69) is 0 Å². The lowest BCUT2D eigenvalue weighted by atomic mass is 10.1. The number of hydrogen-bond acceptors (Lipinski definition) is 5. The first-order chi connectivity index (χ1) is 13.3. The van der Waals surface area contributed by atoms with Gasteiger partial charge in [0.05, 0.1) is 28.1 Å². The Balaban J connectivity index is 1.79. The van der Waals surface area contributed by atoms with E-state index in [0.717, 1.165) is 11.3 Å². The van der Waals surface area contributed by atoms with E-state index < -0.39 is 10.2 Å². The summed E-state index contributed by atoms with van der Waals surface area (Å²) >= 11 is 13.3. The van der Waals surface area contributed by atoms with Crippen LogP contribution in [0.3, 0.4) is 0 Å². The number of nitrogens with zero attached hydrogens (tertiary/aromatic N) is 2. The number of thiophene rings is 1. The summed E-state index contributed by atoms with van der Waals surface area (Å²) < 4.78 is 34.3. The molecule has 1 aromatic carbocycles. The van der Waals surface area contributed by atoms with Crippen molar-refractivity contribution in [3.63, 3.8) is 0 Å². The van der Waals surface area contributed by atoms with Crippen molar-refractivity contribution in [3.05, 3.63) is 56.5 Å². The van der Waals surface area contributed by atoms with Crippen molar-refractivity contribution in [2.24, 2.45) is 0 Å². The van der Waals surface area contributed by atoms with Gasteiger partial charge in [0.15, 0.2) is 0 Å². The minimum Gasteiger partial charge on any atom is -0.379 e. The quantitative estimate of drug-likeness (QED) is 0.554. The number of aromatic nitrogens is 1. The van der Waals surface area contributed by atoms with E-state index >= 15 is 0 Å². The van der Waals surface area contributed by atoms with E-state index in [-0.39, 0.29) is 16.4 Å². The Kier molecular flexibility index (Phi) is 5.28. The van der Waals surface area contributed by atoms with Crippen LogP contribution in [-0.4, -0.2) is 48.8 Å². The van der Waals surface area contributed by atoms with Crippen LogP contribution in [0.5, 0.6) is 0 Å². The van der Waals surface area contributed by atoms with Crippen LogP contribution >= 0.6 is 34.5 Å². The molecule has 3 aromatic rings. The van der Waals surface area contributed by atoms with Crippen LogP contribution in [0.4, 0.5) is 0 Å². The molecular weight excluding hydrogens is 443 g/mol. The monoisotopic (exact) mass is 458 g/mol. The van der Waals surface area contributed by atoms with Crippen molar-refractivity contribution >= 4 is 60.7 Å². The fourth-order valence-corrected chi connectivity index (χ4v) is 6.62. The lowest BCUT2D eigenvalue weighted by Gasteiger charge is -2.26. The van der Waals surface area contributed by atoms with Crippen LogP contribution in [-0.2, 0) is 14.9 Å². The molecular formula is C18H16Cl2N2O4S2. The predicted molar refractivity (Wildman–Crippen MR) is 111 cm³/mol. The third kappa shape index (κ3) is 3.28. The van der Waals surface area contributed by atoms with Crippen molar-refractivity contribution in [3.8, 4) is 0 Å². The second kappa shape index (κ2) is 7.44. The summed E-state index contributed by atoms with van der Waals surface area (Å²) in [6.45, 7) is 3.07. The SMILES string of the molecule is Cc1cc2cc(C(=O)c3cccc(Cl)c3Cl)sc2n1S(=O)(=O)N1CCOCC1. The summed E-state index contributed by atoms with van der Waals surface area (Å²) in [5, 5.41) is 1.18. The summed E-state index contributed by atoms with van der Waals surface area (Å²) in [6, 6.07) is 8.32. The summed E-state index contributed by atoms with van der Waals surface area (Å²) in [5.74, 6) is -0.290. The van der Waals surface area contributed by atoms with Gasteiger partial charge in [-0.2, -0.15) is 12.7 Å². The number of halogens is 2.